The number of nitrogens with one attached hydrogen (secondary N) is 1. The number of nitriles is 1. The Kier molecular flexibility index (Phi) is 4.21. The number of hydrogen-bond donors (Lipinski definition) is 1. The van der Waals surface area contributed by atoms with E-state index in [2.05, 4.69) is 35.8 Å². The van der Waals surface area contributed by atoms with E-state index in [1.54, 1.807) is 11.3 Å². The SMILES string of the molecule is CCC(Nc1nc2c(cc1C#N)CCCC2)c1cccs1. The van der Waals surface area contributed by atoms with Gasteiger partial charge in [0.1, 0.15) is 11.9 Å². The van der Waals surface area contributed by atoms with Crippen molar-refractivity contribution in [2.24, 2.45) is 0 Å². The summed E-state index contributed by atoms with van der Waals surface area (Å²) in [5, 5.41) is 15.0. The molecule has 1 aliphatic rings. The van der Waals surface area contributed by atoms with E-state index in [4.69, 9.17) is 4.98 Å². The van der Waals surface area contributed by atoms with Crippen LogP contribution in [0.3, 0.4) is 0 Å². The van der Waals surface area contributed by atoms with Crippen LogP contribution in [0, 0.1) is 11.3 Å². The Morgan fingerprint density at radius 3 is 3.00 bits per heavy atom. The lowest BCUT2D eigenvalue weighted by molar-refractivity contribution is 0.665. The first-order chi connectivity index (χ1) is 10.3. The minimum absolute atomic E-state index is 0.228. The molecular formula is C17H19N3S. The highest BCUT2D eigenvalue weighted by Crippen LogP contribution is 2.29. The van der Waals surface area contributed by atoms with Crippen molar-refractivity contribution >= 4 is 17.2 Å². The molecule has 3 nitrogen and oxygen atoms in total. The molecule has 1 unspecified atom stereocenters. The Balaban J connectivity index is 1.92. The van der Waals surface area contributed by atoms with Gasteiger partial charge < -0.3 is 5.32 Å². The molecule has 0 saturated carbocycles. The van der Waals surface area contributed by atoms with E-state index >= 15 is 0 Å². The molecule has 0 radical (unpaired) electrons. The van der Waals surface area contributed by atoms with E-state index in [-0.39, 0.29) is 6.04 Å². The zero-order chi connectivity index (χ0) is 14.7. The standard InChI is InChI=1S/C17H19N3S/c1-2-14(16-8-5-9-21-16)19-17-13(11-18)10-12-6-3-4-7-15(12)20-17/h5,8-10,14H,2-4,6-7H2,1H3,(H,19,20). The topological polar surface area (TPSA) is 48.7 Å². The molecule has 1 N–H and O–H groups in total. The molecule has 3 rings (SSSR count). The molecule has 1 atom stereocenters. The van der Waals surface area contributed by atoms with E-state index < -0.39 is 0 Å². The Bertz CT molecular complexity index is 655. The van der Waals surface area contributed by atoms with Crippen molar-refractivity contribution in [2.45, 2.75) is 45.1 Å². The van der Waals surface area contributed by atoms with Gasteiger partial charge in [0, 0.05) is 10.6 Å². The van der Waals surface area contributed by atoms with Gasteiger partial charge in [-0.05, 0) is 55.2 Å². The second-order valence-electron chi connectivity index (χ2n) is 5.43. The van der Waals surface area contributed by atoms with Gasteiger partial charge in [0.2, 0.25) is 0 Å². The molecule has 2 aromatic rings. The van der Waals surface area contributed by atoms with Crippen LogP contribution in [0.5, 0.6) is 0 Å². The van der Waals surface area contributed by atoms with Crippen LogP contribution in [0.4, 0.5) is 5.82 Å². The number of pyridine rings is 1. The third-order valence-electron chi connectivity index (χ3n) is 4.03. The first-order valence-corrected chi connectivity index (χ1v) is 8.42. The quantitative estimate of drug-likeness (QED) is 0.906. The summed E-state index contributed by atoms with van der Waals surface area (Å²) in [7, 11) is 0. The normalized spacial score (nSPS) is 15.0. The number of hydrogen-bond acceptors (Lipinski definition) is 4. The largest absolute Gasteiger partial charge is 0.361 e. The van der Waals surface area contributed by atoms with Crippen LogP contribution in [0.25, 0.3) is 0 Å². The van der Waals surface area contributed by atoms with E-state index in [1.165, 1.54) is 29.0 Å². The Labute approximate surface area is 129 Å². The first kappa shape index (κ1) is 14.1. The average molecular weight is 297 g/mol. The zero-order valence-electron chi connectivity index (χ0n) is 12.2. The van der Waals surface area contributed by atoms with Crippen LogP contribution in [0.1, 0.15) is 53.9 Å². The summed E-state index contributed by atoms with van der Waals surface area (Å²) in [6.45, 7) is 2.15. The lowest BCUT2D eigenvalue weighted by Gasteiger charge is -2.21. The number of rotatable bonds is 4. The molecule has 0 fully saturated rings. The lowest BCUT2D eigenvalue weighted by Crippen LogP contribution is -2.14. The molecule has 0 aliphatic heterocycles. The Morgan fingerprint density at radius 2 is 2.29 bits per heavy atom. The van der Waals surface area contributed by atoms with Gasteiger partial charge in [-0.2, -0.15) is 5.26 Å². The minimum Gasteiger partial charge on any atom is -0.361 e. The molecule has 0 bridgehead atoms. The van der Waals surface area contributed by atoms with Crippen LogP contribution in [-0.4, -0.2) is 4.98 Å². The van der Waals surface area contributed by atoms with Gasteiger partial charge in [0.25, 0.3) is 0 Å². The zero-order valence-corrected chi connectivity index (χ0v) is 13.0. The average Bonchev–Trinajstić information content (AvgIpc) is 3.06. The Morgan fingerprint density at radius 1 is 1.43 bits per heavy atom. The van der Waals surface area contributed by atoms with Crippen LogP contribution in [-0.2, 0) is 12.8 Å². The fourth-order valence-electron chi connectivity index (χ4n) is 2.86. The molecule has 0 spiro atoms. The predicted octanol–water partition coefficient (Wildman–Crippen LogP) is 4.46. The molecule has 0 aromatic carbocycles. The van der Waals surface area contributed by atoms with E-state index in [1.807, 2.05) is 6.07 Å². The van der Waals surface area contributed by atoms with Gasteiger partial charge in [-0.15, -0.1) is 11.3 Å². The summed E-state index contributed by atoms with van der Waals surface area (Å²) in [4.78, 5) is 6.05. The highest BCUT2D eigenvalue weighted by Gasteiger charge is 2.18. The molecule has 1 aliphatic carbocycles. The molecule has 2 heterocycles. The number of nitrogens with zero attached hydrogens (tertiary/aromatic N) is 2. The van der Waals surface area contributed by atoms with Crippen molar-refractivity contribution in [3.63, 3.8) is 0 Å². The van der Waals surface area contributed by atoms with Gasteiger partial charge in [0.05, 0.1) is 11.6 Å². The molecule has 21 heavy (non-hydrogen) atoms. The van der Waals surface area contributed by atoms with Crippen molar-refractivity contribution in [3.8, 4) is 6.07 Å². The number of aromatic nitrogens is 1. The molecule has 0 amide bonds. The maximum Gasteiger partial charge on any atom is 0.144 e. The van der Waals surface area contributed by atoms with E-state index in [0.29, 0.717) is 5.56 Å². The first-order valence-electron chi connectivity index (χ1n) is 7.54. The molecular weight excluding hydrogens is 278 g/mol. The summed E-state index contributed by atoms with van der Waals surface area (Å²) in [6.07, 6.45) is 5.47. The molecule has 2 aromatic heterocycles. The van der Waals surface area contributed by atoms with E-state index in [9.17, 15) is 5.26 Å². The van der Waals surface area contributed by atoms with Gasteiger partial charge in [-0.1, -0.05) is 13.0 Å². The summed E-state index contributed by atoms with van der Waals surface area (Å²) in [6, 6.07) is 8.76. The molecule has 4 heteroatoms. The van der Waals surface area contributed by atoms with Crippen molar-refractivity contribution in [3.05, 3.63) is 45.3 Å². The summed E-state index contributed by atoms with van der Waals surface area (Å²) in [5.41, 5.74) is 3.10. The summed E-state index contributed by atoms with van der Waals surface area (Å²) < 4.78 is 0. The Hall–Kier alpha value is -1.86. The third-order valence-corrected chi connectivity index (χ3v) is 5.01. The van der Waals surface area contributed by atoms with Gasteiger partial charge in [-0.25, -0.2) is 4.98 Å². The van der Waals surface area contributed by atoms with Crippen molar-refractivity contribution < 1.29 is 0 Å². The number of thiophene rings is 1. The third kappa shape index (κ3) is 2.93. The van der Waals surface area contributed by atoms with Gasteiger partial charge in [-0.3, -0.25) is 0 Å². The van der Waals surface area contributed by atoms with Crippen molar-refractivity contribution in [1.82, 2.24) is 4.98 Å². The van der Waals surface area contributed by atoms with Crippen molar-refractivity contribution in [1.29, 1.82) is 5.26 Å². The fraction of sp³-hybridized carbons (Fsp3) is 0.412. The maximum atomic E-state index is 9.41. The number of aryl methyl sites for hydroxylation is 2. The number of anilines is 1. The van der Waals surface area contributed by atoms with Crippen LogP contribution in [0.2, 0.25) is 0 Å². The highest BCUT2D eigenvalue weighted by atomic mass is 32.1. The predicted molar refractivity (Wildman–Crippen MR) is 86.6 cm³/mol. The summed E-state index contributed by atoms with van der Waals surface area (Å²) >= 11 is 1.74. The second-order valence-corrected chi connectivity index (χ2v) is 6.41. The molecule has 0 saturated heterocycles. The molecule has 108 valence electrons. The van der Waals surface area contributed by atoms with Crippen LogP contribution in [0.15, 0.2) is 23.6 Å². The van der Waals surface area contributed by atoms with Gasteiger partial charge >= 0.3 is 0 Å². The lowest BCUT2D eigenvalue weighted by atomic mass is 9.95. The monoisotopic (exact) mass is 297 g/mol. The number of fused-ring (bicyclic) bond motifs is 1. The second kappa shape index (κ2) is 6.28. The fourth-order valence-corrected chi connectivity index (χ4v) is 3.72. The van der Waals surface area contributed by atoms with E-state index in [0.717, 1.165) is 25.1 Å². The highest BCUT2D eigenvalue weighted by molar-refractivity contribution is 7.10. The van der Waals surface area contributed by atoms with Crippen LogP contribution >= 0.6 is 11.3 Å². The van der Waals surface area contributed by atoms with Crippen LogP contribution < -0.4 is 5.32 Å². The summed E-state index contributed by atoms with van der Waals surface area (Å²) in [5.74, 6) is 0.749. The van der Waals surface area contributed by atoms with Gasteiger partial charge in [0.15, 0.2) is 0 Å². The minimum atomic E-state index is 0.228. The smallest absolute Gasteiger partial charge is 0.144 e. The maximum absolute atomic E-state index is 9.41. The van der Waals surface area contributed by atoms with Crippen molar-refractivity contribution in [2.75, 3.05) is 5.32 Å².